The van der Waals surface area contributed by atoms with Gasteiger partial charge in [0.15, 0.2) is 11.2 Å². The lowest BCUT2D eigenvalue weighted by Gasteiger charge is -2.07. The largest absolute Gasteiger partial charge is 0.479 e. The van der Waals surface area contributed by atoms with Crippen LogP contribution in [0.15, 0.2) is 6.33 Å². The second kappa shape index (κ2) is 6.99. The molecular formula is C12H17ClN4O2S. The van der Waals surface area contributed by atoms with Gasteiger partial charge in [0.1, 0.15) is 12.2 Å². The van der Waals surface area contributed by atoms with Crippen molar-refractivity contribution >= 4 is 33.6 Å². The number of aromatic nitrogens is 4. The first-order valence-electron chi connectivity index (χ1n) is 6.27. The molecule has 0 aliphatic rings. The number of ether oxygens (including phenoxy) is 1. The molecule has 0 fully saturated rings. The average Bonchev–Trinajstić information content (AvgIpc) is 2.77. The second-order valence-corrected chi connectivity index (χ2v) is 6.24. The van der Waals surface area contributed by atoms with Crippen LogP contribution in [0.1, 0.15) is 12.2 Å². The topological polar surface area (TPSA) is 69.9 Å². The minimum atomic E-state index is -0.794. The Balaban J connectivity index is 2.38. The number of imidazole rings is 1. The van der Waals surface area contributed by atoms with Crippen molar-refractivity contribution in [3.63, 3.8) is 0 Å². The van der Waals surface area contributed by atoms with Crippen LogP contribution in [0, 0.1) is 0 Å². The summed E-state index contributed by atoms with van der Waals surface area (Å²) in [5.41, 5.74) is 1.38. The summed E-state index contributed by atoms with van der Waals surface area (Å²) in [5, 5.41) is 0. The zero-order valence-corrected chi connectivity index (χ0v) is 13.1. The highest BCUT2D eigenvalue weighted by Crippen LogP contribution is 2.22. The van der Waals surface area contributed by atoms with Crippen LogP contribution >= 0.6 is 11.6 Å². The van der Waals surface area contributed by atoms with E-state index in [2.05, 4.69) is 15.0 Å². The monoisotopic (exact) mass is 316 g/mol. The molecule has 2 aromatic heterocycles. The summed E-state index contributed by atoms with van der Waals surface area (Å²) in [4.78, 5) is 12.9. The maximum absolute atomic E-state index is 11.2. The number of nitrogens with zero attached hydrogens (tertiary/aromatic N) is 4. The van der Waals surface area contributed by atoms with Crippen molar-refractivity contribution < 1.29 is 8.95 Å². The predicted molar refractivity (Wildman–Crippen MR) is 79.8 cm³/mol. The number of hydrogen-bond acceptors (Lipinski definition) is 5. The fraction of sp³-hybridized carbons (Fsp3) is 0.583. The van der Waals surface area contributed by atoms with Gasteiger partial charge in [-0.05, 0) is 6.42 Å². The number of methoxy groups -OCH3 is 1. The molecule has 0 saturated carbocycles. The number of aryl methyl sites for hydroxylation is 2. The van der Waals surface area contributed by atoms with Crippen molar-refractivity contribution in [2.75, 3.05) is 25.0 Å². The Morgan fingerprint density at radius 3 is 2.90 bits per heavy atom. The summed E-state index contributed by atoms with van der Waals surface area (Å²) in [6.45, 7) is 0.711. The quantitative estimate of drug-likeness (QED) is 0.722. The van der Waals surface area contributed by atoms with Crippen LogP contribution in [0.2, 0.25) is 0 Å². The molecule has 0 aliphatic heterocycles. The summed E-state index contributed by atoms with van der Waals surface area (Å²) >= 11 is 5.82. The summed E-state index contributed by atoms with van der Waals surface area (Å²) in [6, 6.07) is 0. The number of fused-ring (bicyclic) bond motifs is 1. The fourth-order valence-corrected chi connectivity index (χ4v) is 2.75. The van der Waals surface area contributed by atoms with E-state index in [0.29, 0.717) is 36.0 Å². The Bertz CT molecular complexity index is 617. The highest BCUT2D eigenvalue weighted by Gasteiger charge is 2.15. The third kappa shape index (κ3) is 3.27. The third-order valence-electron chi connectivity index (χ3n) is 2.90. The number of rotatable bonds is 7. The Labute approximate surface area is 125 Å². The van der Waals surface area contributed by atoms with E-state index in [4.69, 9.17) is 16.3 Å². The van der Waals surface area contributed by atoms with Gasteiger partial charge in [-0.3, -0.25) is 4.21 Å². The van der Waals surface area contributed by atoms with Crippen LogP contribution in [0.5, 0.6) is 5.88 Å². The summed E-state index contributed by atoms with van der Waals surface area (Å²) in [6.07, 6.45) is 4.62. The van der Waals surface area contributed by atoms with Gasteiger partial charge in [0.25, 0.3) is 0 Å². The van der Waals surface area contributed by atoms with Gasteiger partial charge in [-0.25, -0.2) is 9.97 Å². The molecule has 0 spiro atoms. The Morgan fingerprint density at radius 1 is 1.45 bits per heavy atom. The van der Waals surface area contributed by atoms with Gasteiger partial charge >= 0.3 is 0 Å². The van der Waals surface area contributed by atoms with E-state index < -0.39 is 10.8 Å². The number of halogens is 1. The Hall–Kier alpha value is -1.21. The van der Waals surface area contributed by atoms with Crippen LogP contribution in [0.4, 0.5) is 0 Å². The zero-order chi connectivity index (χ0) is 14.5. The van der Waals surface area contributed by atoms with Crippen LogP contribution in [0.3, 0.4) is 0 Å². The lowest BCUT2D eigenvalue weighted by atomic mass is 10.4. The van der Waals surface area contributed by atoms with Crippen molar-refractivity contribution in [3.8, 4) is 5.88 Å². The van der Waals surface area contributed by atoms with Gasteiger partial charge < -0.3 is 9.30 Å². The summed E-state index contributed by atoms with van der Waals surface area (Å²) < 4.78 is 18.4. The smallest absolute Gasteiger partial charge is 0.245 e. The van der Waals surface area contributed by atoms with Gasteiger partial charge in [0.05, 0.1) is 7.11 Å². The van der Waals surface area contributed by atoms with E-state index >= 15 is 0 Å². The van der Waals surface area contributed by atoms with Crippen molar-refractivity contribution in [3.05, 3.63) is 12.2 Å². The first kappa shape index (κ1) is 15.2. The molecule has 0 aliphatic carbocycles. The number of hydrogen-bond donors (Lipinski definition) is 0. The lowest BCUT2D eigenvalue weighted by Crippen LogP contribution is -2.08. The molecule has 1 unspecified atom stereocenters. The molecule has 0 amide bonds. The standard InChI is InChI=1S/C12H17ClN4O2S/c1-19-12-10-11(14-8-15-12)17(6-3-7-20(2)18)9(16-10)4-5-13/h8H,3-7H2,1-2H3. The maximum Gasteiger partial charge on any atom is 0.245 e. The van der Waals surface area contributed by atoms with Crippen molar-refractivity contribution in [1.29, 1.82) is 0 Å². The molecule has 6 nitrogen and oxygen atoms in total. The predicted octanol–water partition coefficient (Wildman–Crippen LogP) is 1.38. The molecule has 110 valence electrons. The second-order valence-electron chi connectivity index (χ2n) is 4.30. The minimum Gasteiger partial charge on any atom is -0.479 e. The average molecular weight is 317 g/mol. The van der Waals surface area contributed by atoms with Gasteiger partial charge in [-0.2, -0.15) is 4.98 Å². The van der Waals surface area contributed by atoms with Crippen molar-refractivity contribution in [2.24, 2.45) is 0 Å². The highest BCUT2D eigenvalue weighted by atomic mass is 35.5. The van der Waals surface area contributed by atoms with Gasteiger partial charge in [0, 0.05) is 41.7 Å². The van der Waals surface area contributed by atoms with Gasteiger partial charge in [-0.15, -0.1) is 11.6 Å². The zero-order valence-electron chi connectivity index (χ0n) is 11.5. The minimum absolute atomic E-state index is 0.462. The molecule has 1 atom stereocenters. The SMILES string of the molecule is COc1ncnc2c1nc(CCCl)n2CCCS(C)=O. The molecule has 2 rings (SSSR count). The molecule has 2 aromatic rings. The van der Waals surface area contributed by atoms with E-state index in [0.717, 1.165) is 17.9 Å². The molecule has 2 heterocycles. The number of alkyl halides is 1. The summed E-state index contributed by atoms with van der Waals surface area (Å²) in [5.74, 6) is 2.46. The van der Waals surface area contributed by atoms with Crippen LogP contribution in [-0.2, 0) is 23.8 Å². The Morgan fingerprint density at radius 2 is 2.25 bits per heavy atom. The molecule has 20 heavy (non-hydrogen) atoms. The molecule has 0 aromatic carbocycles. The van der Waals surface area contributed by atoms with Crippen LogP contribution < -0.4 is 4.74 Å². The molecule has 0 saturated heterocycles. The Kier molecular flexibility index (Phi) is 5.31. The molecular weight excluding hydrogens is 300 g/mol. The summed E-state index contributed by atoms with van der Waals surface area (Å²) in [7, 11) is 0.763. The molecule has 0 N–H and O–H groups in total. The van der Waals surface area contributed by atoms with Crippen LogP contribution in [-0.4, -0.2) is 48.7 Å². The van der Waals surface area contributed by atoms with Crippen molar-refractivity contribution in [1.82, 2.24) is 19.5 Å². The molecule has 8 heteroatoms. The van der Waals surface area contributed by atoms with Crippen LogP contribution in [0.25, 0.3) is 11.2 Å². The molecule has 0 radical (unpaired) electrons. The normalized spacial score (nSPS) is 12.8. The first-order valence-corrected chi connectivity index (χ1v) is 8.53. The highest BCUT2D eigenvalue weighted by molar-refractivity contribution is 7.84. The van der Waals surface area contributed by atoms with E-state index in [1.54, 1.807) is 13.4 Å². The first-order chi connectivity index (χ1) is 9.67. The third-order valence-corrected chi connectivity index (χ3v) is 3.96. The van der Waals surface area contributed by atoms with Crippen molar-refractivity contribution in [2.45, 2.75) is 19.4 Å². The van der Waals surface area contributed by atoms with E-state index in [-0.39, 0.29) is 0 Å². The van der Waals surface area contributed by atoms with E-state index in [1.807, 2.05) is 4.57 Å². The fourth-order valence-electron chi connectivity index (χ4n) is 2.05. The molecule has 0 bridgehead atoms. The maximum atomic E-state index is 11.2. The van der Waals surface area contributed by atoms with E-state index in [1.165, 1.54) is 6.33 Å². The lowest BCUT2D eigenvalue weighted by molar-refractivity contribution is 0.401. The van der Waals surface area contributed by atoms with E-state index in [9.17, 15) is 4.21 Å². The van der Waals surface area contributed by atoms with Gasteiger partial charge in [-0.1, -0.05) is 0 Å². The van der Waals surface area contributed by atoms with Gasteiger partial charge in [0.2, 0.25) is 5.88 Å².